The first-order valence-electron chi connectivity index (χ1n) is 21.0. The molecule has 0 radical (unpaired) electrons. The predicted molar refractivity (Wildman–Crippen MR) is 257 cm³/mol. The molecule has 0 fully saturated rings. The highest BCUT2D eigenvalue weighted by Crippen LogP contribution is 2.43. The van der Waals surface area contributed by atoms with Gasteiger partial charge in [-0.3, -0.25) is 0 Å². The van der Waals surface area contributed by atoms with Gasteiger partial charge in [0.2, 0.25) is 0 Å². The highest BCUT2D eigenvalue weighted by atomic mass is 15.0. The summed E-state index contributed by atoms with van der Waals surface area (Å²) >= 11 is 0. The maximum atomic E-state index is 10.2. The van der Waals surface area contributed by atoms with E-state index < -0.39 is 0 Å². The van der Waals surface area contributed by atoms with Crippen molar-refractivity contribution in [2.45, 2.75) is 27.7 Å². The Morgan fingerprint density at radius 1 is 0.323 bits per heavy atom. The molecule has 1 heterocycles. The molecule has 0 saturated heterocycles. The van der Waals surface area contributed by atoms with Crippen molar-refractivity contribution in [2.75, 3.05) is 0 Å². The predicted octanol–water partition coefficient (Wildman–Crippen LogP) is 15.0. The van der Waals surface area contributed by atoms with E-state index in [9.17, 15) is 5.26 Å². The van der Waals surface area contributed by atoms with Crippen molar-refractivity contribution in [2.24, 2.45) is 0 Å². The van der Waals surface area contributed by atoms with Crippen LogP contribution in [0.1, 0.15) is 27.8 Å². The molecule has 0 unspecified atom stereocenters. The highest BCUT2D eigenvalue weighted by Gasteiger charge is 2.20. The Hall–Kier alpha value is -8.00. The zero-order valence-electron chi connectivity index (χ0n) is 35.1. The number of aromatic nitrogens is 3. The number of rotatable bonds is 7. The summed E-state index contributed by atoms with van der Waals surface area (Å²) in [7, 11) is 0. The van der Waals surface area contributed by atoms with Gasteiger partial charge < -0.3 is 0 Å². The molecule has 0 atom stereocenters. The summed E-state index contributed by atoms with van der Waals surface area (Å²) in [5.41, 5.74) is 16.4. The van der Waals surface area contributed by atoms with Gasteiger partial charge in [0.25, 0.3) is 0 Å². The lowest BCUT2D eigenvalue weighted by atomic mass is 9.87. The summed E-state index contributed by atoms with van der Waals surface area (Å²) in [6, 6.07) is 66.5. The van der Waals surface area contributed by atoms with Crippen molar-refractivity contribution in [1.82, 2.24) is 15.0 Å². The number of hydrogen-bond acceptors (Lipinski definition) is 4. The molecule has 0 N–H and O–H groups in total. The lowest BCUT2D eigenvalue weighted by Gasteiger charge is -2.17. The van der Waals surface area contributed by atoms with E-state index in [-0.39, 0.29) is 0 Å². The molecule has 0 aliphatic carbocycles. The van der Waals surface area contributed by atoms with E-state index in [0.717, 1.165) is 77.9 Å². The largest absolute Gasteiger partial charge is 0.208 e. The summed E-state index contributed by atoms with van der Waals surface area (Å²) < 4.78 is 0. The number of benzene rings is 9. The average molecular weight is 795 g/mol. The summed E-state index contributed by atoms with van der Waals surface area (Å²) in [6.07, 6.45) is 0. The van der Waals surface area contributed by atoms with Crippen LogP contribution < -0.4 is 0 Å². The minimum atomic E-state index is 0.583. The first kappa shape index (κ1) is 38.2. The fraction of sp³-hybridized carbons (Fsp3) is 0.0690. The van der Waals surface area contributed by atoms with Gasteiger partial charge in [-0.2, -0.15) is 5.26 Å². The molecule has 1 aromatic heterocycles. The molecule has 0 aliphatic heterocycles. The number of nitrogens with zero attached hydrogens (tertiary/aromatic N) is 4. The molecule has 0 aliphatic rings. The van der Waals surface area contributed by atoms with Gasteiger partial charge in [0.05, 0.1) is 11.6 Å². The van der Waals surface area contributed by atoms with Crippen LogP contribution in [0.4, 0.5) is 0 Å². The molecule has 9 aromatic carbocycles. The molecule has 0 bridgehead atoms. The van der Waals surface area contributed by atoms with Crippen LogP contribution in [0, 0.1) is 39.0 Å². The van der Waals surface area contributed by atoms with E-state index in [1.807, 2.05) is 18.2 Å². The van der Waals surface area contributed by atoms with Gasteiger partial charge in [-0.15, -0.1) is 0 Å². The summed E-state index contributed by atoms with van der Waals surface area (Å²) in [6.45, 7) is 8.41. The lowest BCUT2D eigenvalue weighted by molar-refractivity contribution is 1.07. The third kappa shape index (κ3) is 7.21. The summed E-state index contributed by atoms with van der Waals surface area (Å²) in [4.78, 5) is 15.5. The lowest BCUT2D eigenvalue weighted by Crippen LogP contribution is -2.02. The molecule has 0 amide bonds. The Morgan fingerprint density at radius 3 is 1.44 bits per heavy atom. The maximum Gasteiger partial charge on any atom is 0.164 e. The zero-order valence-corrected chi connectivity index (χ0v) is 35.1. The second kappa shape index (κ2) is 15.9. The van der Waals surface area contributed by atoms with Crippen molar-refractivity contribution >= 4 is 21.5 Å². The molecule has 10 rings (SSSR count). The van der Waals surface area contributed by atoms with E-state index >= 15 is 0 Å². The normalized spacial score (nSPS) is 11.2. The fourth-order valence-corrected chi connectivity index (χ4v) is 9.06. The van der Waals surface area contributed by atoms with Crippen LogP contribution in [-0.4, -0.2) is 15.0 Å². The van der Waals surface area contributed by atoms with E-state index in [0.29, 0.717) is 23.0 Å². The van der Waals surface area contributed by atoms with Crippen molar-refractivity contribution < 1.29 is 0 Å². The molecule has 4 nitrogen and oxygen atoms in total. The van der Waals surface area contributed by atoms with Crippen LogP contribution in [0.3, 0.4) is 0 Å². The van der Waals surface area contributed by atoms with Crippen LogP contribution in [0.25, 0.3) is 100 Å². The van der Waals surface area contributed by atoms with Crippen molar-refractivity contribution in [1.29, 1.82) is 5.26 Å². The molecular weight excluding hydrogens is 753 g/mol. The number of hydrogen-bond donors (Lipinski definition) is 0. The Bertz CT molecular complexity index is 3320. The minimum Gasteiger partial charge on any atom is -0.208 e. The Balaban J connectivity index is 1.14. The van der Waals surface area contributed by atoms with Gasteiger partial charge >= 0.3 is 0 Å². The van der Waals surface area contributed by atoms with Gasteiger partial charge in [-0.05, 0) is 142 Å². The Kier molecular flexibility index (Phi) is 9.79. The van der Waals surface area contributed by atoms with Crippen LogP contribution in [0.15, 0.2) is 182 Å². The molecular formula is C58H42N4. The maximum absolute atomic E-state index is 10.2. The van der Waals surface area contributed by atoms with Crippen LogP contribution in [0.5, 0.6) is 0 Å². The zero-order chi connectivity index (χ0) is 42.3. The highest BCUT2D eigenvalue weighted by molar-refractivity contribution is 6.14. The smallest absolute Gasteiger partial charge is 0.164 e. The first-order chi connectivity index (χ1) is 30.3. The monoisotopic (exact) mass is 794 g/mol. The van der Waals surface area contributed by atoms with Crippen molar-refractivity contribution in [3.05, 3.63) is 210 Å². The number of aryl methyl sites for hydroxylation is 4. The molecule has 0 spiro atoms. The van der Waals surface area contributed by atoms with Crippen LogP contribution in [0.2, 0.25) is 0 Å². The van der Waals surface area contributed by atoms with E-state index in [1.54, 1.807) is 0 Å². The summed E-state index contributed by atoms with van der Waals surface area (Å²) in [5.74, 6) is 1.83. The van der Waals surface area contributed by atoms with E-state index in [1.165, 1.54) is 27.1 Å². The van der Waals surface area contributed by atoms with Gasteiger partial charge in [0.1, 0.15) is 0 Å². The first-order valence-corrected chi connectivity index (χ1v) is 21.0. The van der Waals surface area contributed by atoms with Crippen molar-refractivity contribution in [3.8, 4) is 84.7 Å². The molecule has 10 aromatic rings. The summed E-state index contributed by atoms with van der Waals surface area (Å²) in [5, 5.41) is 15.2. The quantitative estimate of drug-likeness (QED) is 0.151. The SMILES string of the molecule is Cc1cc(C)cc(-c2nc(-c3cc(C)cc(C)c3)nc(-c3ccccc3-c3ccc(C#N)cc3-c3cccc(-c4ccccc4-c4cc5ccccc5c5ccccc45)c3)n2)c1. The number of nitriles is 1. The standard InChI is InChI=1S/C58H42N4/c1-36-26-37(2)29-44(28-36)56-60-57(45-30-38(3)27-39(4)31-45)62-58(61-56)53-23-12-11-21-50(53)52-25-24-40(35-59)32-54(52)42-16-13-15-41(33-42)46-18-7-8-20-49(46)55-34-43-14-5-6-17-47(43)48-19-9-10-22-51(48)55/h5-34H,1-4H3. The molecule has 0 saturated carbocycles. The van der Waals surface area contributed by atoms with Gasteiger partial charge in [-0.25, -0.2) is 15.0 Å². The second-order valence-electron chi connectivity index (χ2n) is 16.3. The average Bonchev–Trinajstić information content (AvgIpc) is 3.30. The van der Waals surface area contributed by atoms with Crippen molar-refractivity contribution in [3.63, 3.8) is 0 Å². The van der Waals surface area contributed by atoms with Gasteiger partial charge in [0.15, 0.2) is 17.5 Å². The third-order valence-corrected chi connectivity index (χ3v) is 11.7. The topological polar surface area (TPSA) is 62.5 Å². The van der Waals surface area contributed by atoms with E-state index in [4.69, 9.17) is 15.0 Å². The Morgan fingerprint density at radius 2 is 0.806 bits per heavy atom. The third-order valence-electron chi connectivity index (χ3n) is 11.7. The van der Waals surface area contributed by atoms with Gasteiger partial charge in [0, 0.05) is 16.7 Å². The van der Waals surface area contributed by atoms with Crippen LogP contribution >= 0.6 is 0 Å². The molecule has 62 heavy (non-hydrogen) atoms. The van der Waals surface area contributed by atoms with Crippen LogP contribution in [-0.2, 0) is 0 Å². The molecule has 294 valence electrons. The Labute approximate surface area is 362 Å². The van der Waals surface area contributed by atoms with Gasteiger partial charge in [-0.1, -0.05) is 156 Å². The van der Waals surface area contributed by atoms with E-state index in [2.05, 4.69) is 198 Å². The second-order valence-corrected chi connectivity index (χ2v) is 16.3. The molecule has 4 heteroatoms. The fourth-order valence-electron chi connectivity index (χ4n) is 9.06. The minimum absolute atomic E-state index is 0.583. The number of fused-ring (bicyclic) bond motifs is 3.